The molecule has 0 unspecified atom stereocenters. The van der Waals surface area contributed by atoms with Crippen LogP contribution in [-0.2, 0) is 4.74 Å². The van der Waals surface area contributed by atoms with Gasteiger partial charge in [0, 0.05) is 19.7 Å². The molecule has 0 saturated carbocycles. The number of hydrogen-bond acceptors (Lipinski definition) is 2. The maximum absolute atomic E-state index is 5.23. The van der Waals surface area contributed by atoms with Gasteiger partial charge in [0.15, 0.2) is 0 Å². The van der Waals surface area contributed by atoms with Crippen LogP contribution in [0.4, 0.5) is 0 Å². The lowest BCUT2D eigenvalue weighted by Gasteiger charge is -2.17. The summed E-state index contributed by atoms with van der Waals surface area (Å²) in [7, 11) is 0. The molecular formula is C9H17NO. The van der Waals surface area contributed by atoms with Gasteiger partial charge in [0.25, 0.3) is 0 Å². The molecule has 0 spiro atoms. The fraction of sp³-hybridized carbons (Fsp3) is 0.556. The van der Waals surface area contributed by atoms with Gasteiger partial charge in [-0.05, 0) is 6.92 Å². The first-order chi connectivity index (χ1) is 5.35. The van der Waals surface area contributed by atoms with E-state index in [1.165, 1.54) is 0 Å². The van der Waals surface area contributed by atoms with Crippen molar-refractivity contribution in [3.63, 3.8) is 0 Å². The second kappa shape index (κ2) is 7.51. The monoisotopic (exact) mass is 155 g/mol. The molecular weight excluding hydrogens is 138 g/mol. The van der Waals surface area contributed by atoms with E-state index >= 15 is 0 Å². The summed E-state index contributed by atoms with van der Waals surface area (Å²) in [5, 5.41) is 0. The van der Waals surface area contributed by atoms with Crippen molar-refractivity contribution in [2.45, 2.75) is 6.92 Å². The van der Waals surface area contributed by atoms with Crippen LogP contribution in [0.2, 0.25) is 0 Å². The highest BCUT2D eigenvalue weighted by molar-refractivity contribution is 4.78. The van der Waals surface area contributed by atoms with Crippen LogP contribution in [0.5, 0.6) is 0 Å². The first kappa shape index (κ1) is 10.4. The normalized spacial score (nSPS) is 10.0. The second-order valence-electron chi connectivity index (χ2n) is 2.24. The van der Waals surface area contributed by atoms with Crippen molar-refractivity contribution in [3.8, 4) is 0 Å². The van der Waals surface area contributed by atoms with E-state index in [9.17, 15) is 0 Å². The molecule has 2 nitrogen and oxygen atoms in total. The Morgan fingerprint density at radius 2 is 1.82 bits per heavy atom. The Balaban J connectivity index is 3.49. The molecule has 0 saturated heterocycles. The van der Waals surface area contributed by atoms with E-state index in [1.54, 1.807) is 0 Å². The van der Waals surface area contributed by atoms with Crippen molar-refractivity contribution in [3.05, 3.63) is 25.3 Å². The number of hydrogen-bond donors (Lipinski definition) is 0. The van der Waals surface area contributed by atoms with Crippen molar-refractivity contribution >= 4 is 0 Å². The summed E-state index contributed by atoms with van der Waals surface area (Å²) in [5.74, 6) is 0. The van der Waals surface area contributed by atoms with Gasteiger partial charge in [-0.3, -0.25) is 4.90 Å². The second-order valence-corrected chi connectivity index (χ2v) is 2.24. The molecule has 64 valence electrons. The summed E-state index contributed by atoms with van der Waals surface area (Å²) in [6.07, 6.45) is 3.73. The zero-order valence-corrected chi connectivity index (χ0v) is 7.25. The Kier molecular flexibility index (Phi) is 7.10. The van der Waals surface area contributed by atoms with Gasteiger partial charge < -0.3 is 4.74 Å². The van der Waals surface area contributed by atoms with Crippen molar-refractivity contribution in [2.24, 2.45) is 0 Å². The summed E-state index contributed by atoms with van der Waals surface area (Å²) >= 11 is 0. The first-order valence-electron chi connectivity index (χ1n) is 3.87. The molecule has 0 rings (SSSR count). The Hall–Kier alpha value is -0.600. The Morgan fingerprint density at radius 1 is 1.27 bits per heavy atom. The highest BCUT2D eigenvalue weighted by atomic mass is 16.5. The van der Waals surface area contributed by atoms with Crippen LogP contribution in [0.25, 0.3) is 0 Å². The maximum Gasteiger partial charge on any atom is 0.0995 e. The summed E-state index contributed by atoms with van der Waals surface area (Å²) in [5.41, 5.74) is 0. The van der Waals surface area contributed by atoms with E-state index in [-0.39, 0.29) is 0 Å². The molecule has 0 aliphatic heterocycles. The van der Waals surface area contributed by atoms with E-state index < -0.39 is 0 Å². The third-order valence-corrected chi connectivity index (χ3v) is 1.25. The van der Waals surface area contributed by atoms with Gasteiger partial charge in [-0.2, -0.15) is 0 Å². The van der Waals surface area contributed by atoms with E-state index in [1.807, 2.05) is 19.1 Å². The fourth-order valence-electron chi connectivity index (χ4n) is 0.765. The summed E-state index contributed by atoms with van der Waals surface area (Å²) in [6.45, 7) is 12.4. The molecule has 0 amide bonds. The van der Waals surface area contributed by atoms with Gasteiger partial charge in [-0.15, -0.1) is 13.2 Å². The lowest BCUT2D eigenvalue weighted by atomic mass is 10.5. The zero-order chi connectivity index (χ0) is 8.53. The van der Waals surface area contributed by atoms with E-state index in [0.717, 1.165) is 19.7 Å². The molecule has 0 N–H and O–H groups in total. The van der Waals surface area contributed by atoms with Crippen molar-refractivity contribution in [1.29, 1.82) is 0 Å². The fourth-order valence-corrected chi connectivity index (χ4v) is 0.765. The van der Waals surface area contributed by atoms with Gasteiger partial charge in [0.2, 0.25) is 0 Å². The summed E-state index contributed by atoms with van der Waals surface area (Å²) in [4.78, 5) is 2.11. The van der Waals surface area contributed by atoms with Crippen LogP contribution < -0.4 is 0 Å². The zero-order valence-electron chi connectivity index (χ0n) is 7.25. The molecule has 0 bridgehead atoms. The van der Waals surface area contributed by atoms with Crippen molar-refractivity contribution < 1.29 is 4.74 Å². The topological polar surface area (TPSA) is 12.5 Å². The van der Waals surface area contributed by atoms with Crippen molar-refractivity contribution in [2.75, 3.05) is 26.4 Å². The largest absolute Gasteiger partial charge is 0.366 e. The van der Waals surface area contributed by atoms with Gasteiger partial charge in [0.05, 0.1) is 6.73 Å². The van der Waals surface area contributed by atoms with Gasteiger partial charge in [-0.1, -0.05) is 12.2 Å². The molecule has 0 atom stereocenters. The average molecular weight is 155 g/mol. The minimum Gasteiger partial charge on any atom is -0.366 e. The minimum atomic E-state index is 0.661. The highest BCUT2D eigenvalue weighted by Gasteiger charge is 1.97. The average Bonchev–Trinajstić information content (AvgIpc) is 2.01. The molecule has 0 heterocycles. The van der Waals surface area contributed by atoms with E-state index in [2.05, 4.69) is 18.1 Å². The predicted octanol–water partition coefficient (Wildman–Crippen LogP) is 1.65. The molecule has 0 fully saturated rings. The van der Waals surface area contributed by atoms with Gasteiger partial charge in [-0.25, -0.2) is 0 Å². The van der Waals surface area contributed by atoms with Crippen LogP contribution >= 0.6 is 0 Å². The molecule has 0 aliphatic carbocycles. The third kappa shape index (κ3) is 5.83. The van der Waals surface area contributed by atoms with Crippen LogP contribution in [0, 0.1) is 0 Å². The minimum absolute atomic E-state index is 0.661. The standard InChI is InChI=1S/C9H17NO/c1-4-7-10(8-5-2)9-11-6-3/h4-5H,1-2,6-9H2,3H3. The Morgan fingerprint density at radius 3 is 2.18 bits per heavy atom. The Labute approximate surface area is 69.2 Å². The molecule has 11 heavy (non-hydrogen) atoms. The van der Waals surface area contributed by atoms with Crippen LogP contribution in [0.15, 0.2) is 25.3 Å². The van der Waals surface area contributed by atoms with Gasteiger partial charge >= 0.3 is 0 Å². The molecule has 0 radical (unpaired) electrons. The highest BCUT2D eigenvalue weighted by Crippen LogP contribution is 1.89. The molecule has 0 aromatic heterocycles. The predicted molar refractivity (Wildman–Crippen MR) is 48.5 cm³/mol. The van der Waals surface area contributed by atoms with Crippen LogP contribution in [0.3, 0.4) is 0 Å². The number of rotatable bonds is 7. The maximum atomic E-state index is 5.23. The molecule has 2 heteroatoms. The first-order valence-corrected chi connectivity index (χ1v) is 3.87. The quantitative estimate of drug-likeness (QED) is 0.409. The van der Waals surface area contributed by atoms with E-state index in [4.69, 9.17) is 4.74 Å². The summed E-state index contributed by atoms with van der Waals surface area (Å²) < 4.78 is 5.23. The third-order valence-electron chi connectivity index (χ3n) is 1.25. The van der Waals surface area contributed by atoms with Crippen LogP contribution in [-0.4, -0.2) is 31.3 Å². The lowest BCUT2D eigenvalue weighted by Crippen LogP contribution is -2.26. The Bertz CT molecular complexity index is 102. The SMILES string of the molecule is C=CCN(CC=C)COCC. The smallest absolute Gasteiger partial charge is 0.0995 e. The number of nitrogens with zero attached hydrogens (tertiary/aromatic N) is 1. The number of ether oxygens (including phenoxy) is 1. The van der Waals surface area contributed by atoms with Gasteiger partial charge in [0.1, 0.15) is 0 Å². The molecule has 0 aromatic rings. The van der Waals surface area contributed by atoms with E-state index in [0.29, 0.717) is 6.73 Å². The molecule has 0 aromatic carbocycles. The lowest BCUT2D eigenvalue weighted by molar-refractivity contribution is 0.0489. The molecule has 0 aliphatic rings. The van der Waals surface area contributed by atoms with Crippen molar-refractivity contribution in [1.82, 2.24) is 4.90 Å². The van der Waals surface area contributed by atoms with Crippen LogP contribution in [0.1, 0.15) is 6.92 Å². The summed E-state index contributed by atoms with van der Waals surface area (Å²) in [6, 6.07) is 0.